The number of rotatable bonds is 7. The van der Waals surface area contributed by atoms with Crippen molar-refractivity contribution in [3.05, 3.63) is 52.6 Å². The van der Waals surface area contributed by atoms with Crippen LogP contribution in [0.25, 0.3) is 4.85 Å². The Morgan fingerprint density at radius 2 is 2.00 bits per heavy atom. The number of ether oxygens (including phenoxy) is 1. The molecule has 0 bridgehead atoms. The number of hydrogen-bond donors (Lipinski definition) is 0. The van der Waals surface area contributed by atoms with E-state index in [1.54, 1.807) is 18.3 Å². The number of piperazine rings is 1. The molecule has 0 unspecified atom stereocenters. The number of aromatic nitrogens is 2. The van der Waals surface area contributed by atoms with Gasteiger partial charge in [0.25, 0.3) is 5.54 Å². The van der Waals surface area contributed by atoms with E-state index in [0.29, 0.717) is 31.1 Å². The average molecular weight is 514 g/mol. The molecule has 3 rings (SSSR count). The number of nitrogens with zero attached hydrogens (tertiary/aromatic N) is 5. The van der Waals surface area contributed by atoms with Crippen molar-refractivity contribution < 1.29 is 17.9 Å². The van der Waals surface area contributed by atoms with Crippen molar-refractivity contribution in [3.8, 4) is 0 Å². The first kappa shape index (κ1) is 27.4. The Kier molecular flexibility index (Phi) is 7.94. The van der Waals surface area contributed by atoms with E-state index in [2.05, 4.69) is 33.5 Å². The smallest absolute Gasteiger partial charge is 0.302 e. The second-order valence-electron chi connectivity index (χ2n) is 10.1. The van der Waals surface area contributed by atoms with E-state index in [4.69, 9.17) is 16.3 Å². The van der Waals surface area contributed by atoms with Gasteiger partial charge in [-0.2, -0.15) is 0 Å². The molecule has 1 atom stereocenters. The van der Waals surface area contributed by atoms with Crippen LogP contribution >= 0.6 is 0 Å². The zero-order valence-corrected chi connectivity index (χ0v) is 22.9. The predicted octanol–water partition coefficient (Wildman–Crippen LogP) is 3.76. The molecule has 0 aliphatic carbocycles. The van der Waals surface area contributed by atoms with Gasteiger partial charge in [-0.05, 0) is 25.0 Å². The number of carbonyl (C=O) groups excluding carboxylic acids is 1. The minimum atomic E-state index is -3.52. The topological polar surface area (TPSA) is 97.1 Å². The summed E-state index contributed by atoms with van der Waals surface area (Å²) in [7, 11) is -3.52. The van der Waals surface area contributed by atoms with Crippen LogP contribution in [0.15, 0.2) is 29.3 Å². The lowest BCUT2D eigenvalue weighted by Gasteiger charge is -2.44. The molecule has 0 radical (unpaired) electrons. The highest BCUT2D eigenvalue weighted by Gasteiger charge is 2.34. The number of carbonyl (C=O) groups is 1. The minimum absolute atomic E-state index is 0.0859. The third-order valence-electron chi connectivity index (χ3n) is 6.60. The highest BCUT2D eigenvalue weighted by molar-refractivity contribution is 7.90. The Morgan fingerprint density at radius 3 is 2.56 bits per heavy atom. The summed E-state index contributed by atoms with van der Waals surface area (Å²) < 4.78 is 30.0. The van der Waals surface area contributed by atoms with Gasteiger partial charge in [0.05, 0.1) is 22.2 Å². The SMILES string of the molecule is [C-]#[N+]C(C)(C)c1cnc(N2CCN(c3ccc(COC(C)=O)c(S(C)(=O)=O)c3)C[C@H]2C(C)C)nc1C. The van der Waals surface area contributed by atoms with Gasteiger partial charge in [0, 0.05) is 64.1 Å². The van der Waals surface area contributed by atoms with E-state index in [9.17, 15) is 13.2 Å². The number of benzene rings is 1. The molecule has 36 heavy (non-hydrogen) atoms. The Labute approximate surface area is 214 Å². The lowest BCUT2D eigenvalue weighted by Crippen LogP contribution is -2.56. The van der Waals surface area contributed by atoms with Gasteiger partial charge in [0.1, 0.15) is 6.61 Å². The van der Waals surface area contributed by atoms with Gasteiger partial charge >= 0.3 is 5.97 Å². The van der Waals surface area contributed by atoms with E-state index >= 15 is 0 Å². The standard InChI is InChI=1S/C26H35N5O4S/c1-17(2)23-15-30(21-10-9-20(16-35-19(4)32)24(13-21)36(8,33)34)11-12-31(23)25-28-14-22(18(3)29-25)26(5,6)27-7/h9-10,13-14,17,23H,11-12,15-16H2,1-6,8H3/t23-/m0/s1. The van der Waals surface area contributed by atoms with Crippen molar-refractivity contribution >= 4 is 27.4 Å². The van der Waals surface area contributed by atoms with E-state index in [1.165, 1.54) is 6.92 Å². The van der Waals surface area contributed by atoms with Gasteiger partial charge in [0.15, 0.2) is 9.84 Å². The normalized spacial score (nSPS) is 16.7. The zero-order chi connectivity index (χ0) is 26.8. The molecule has 1 aliphatic heterocycles. The summed E-state index contributed by atoms with van der Waals surface area (Å²) in [6.45, 7) is 20.6. The molecule has 10 heteroatoms. The quantitative estimate of drug-likeness (QED) is 0.408. The molecule has 1 fully saturated rings. The molecule has 9 nitrogen and oxygen atoms in total. The predicted molar refractivity (Wildman–Crippen MR) is 140 cm³/mol. The van der Waals surface area contributed by atoms with Gasteiger partial charge in [-0.3, -0.25) is 4.79 Å². The molecule has 1 aromatic carbocycles. The number of sulfone groups is 1. The fourth-order valence-electron chi connectivity index (χ4n) is 4.50. The summed E-state index contributed by atoms with van der Waals surface area (Å²) in [4.78, 5) is 28.9. The number of aryl methyl sites for hydroxylation is 1. The monoisotopic (exact) mass is 513 g/mol. The molecular formula is C26H35N5O4S. The Morgan fingerprint density at radius 1 is 1.31 bits per heavy atom. The molecule has 0 amide bonds. The molecule has 0 N–H and O–H groups in total. The highest BCUT2D eigenvalue weighted by Crippen LogP contribution is 2.31. The van der Waals surface area contributed by atoms with Gasteiger partial charge in [-0.1, -0.05) is 19.9 Å². The van der Waals surface area contributed by atoms with Gasteiger partial charge in [-0.25, -0.2) is 25.0 Å². The van der Waals surface area contributed by atoms with Crippen LogP contribution in [0.4, 0.5) is 11.6 Å². The summed E-state index contributed by atoms with van der Waals surface area (Å²) >= 11 is 0. The fourth-order valence-corrected chi connectivity index (χ4v) is 5.44. The number of hydrogen-bond acceptors (Lipinski definition) is 8. The van der Waals surface area contributed by atoms with E-state index < -0.39 is 21.3 Å². The molecular weight excluding hydrogens is 478 g/mol. The first-order valence-electron chi connectivity index (χ1n) is 11.9. The van der Waals surface area contributed by atoms with Crippen LogP contribution in [0.3, 0.4) is 0 Å². The molecule has 0 spiro atoms. The van der Waals surface area contributed by atoms with Crippen LogP contribution in [0, 0.1) is 19.4 Å². The maximum Gasteiger partial charge on any atom is 0.302 e. The maximum atomic E-state index is 12.5. The maximum absolute atomic E-state index is 12.5. The average Bonchev–Trinajstić information content (AvgIpc) is 2.81. The van der Waals surface area contributed by atoms with Crippen molar-refractivity contribution in [2.75, 3.05) is 35.7 Å². The molecule has 1 saturated heterocycles. The Balaban J connectivity index is 1.89. The van der Waals surface area contributed by atoms with Crippen molar-refractivity contribution in [1.29, 1.82) is 0 Å². The third kappa shape index (κ3) is 5.95. The second kappa shape index (κ2) is 10.4. The van der Waals surface area contributed by atoms with Gasteiger partial charge in [-0.15, -0.1) is 0 Å². The molecule has 1 aromatic heterocycles. The molecule has 0 saturated carbocycles. The summed E-state index contributed by atoms with van der Waals surface area (Å²) in [6.07, 6.45) is 2.93. The van der Waals surface area contributed by atoms with Crippen LogP contribution in [-0.2, 0) is 31.5 Å². The third-order valence-corrected chi connectivity index (χ3v) is 7.78. The van der Waals surface area contributed by atoms with Crippen LogP contribution in [-0.4, -0.2) is 56.3 Å². The van der Waals surface area contributed by atoms with Crippen molar-refractivity contribution in [2.24, 2.45) is 5.92 Å². The summed E-state index contributed by atoms with van der Waals surface area (Å²) in [5.41, 5.74) is 2.20. The van der Waals surface area contributed by atoms with Crippen LogP contribution in [0.2, 0.25) is 0 Å². The van der Waals surface area contributed by atoms with Crippen molar-refractivity contribution in [1.82, 2.24) is 9.97 Å². The van der Waals surface area contributed by atoms with Crippen LogP contribution in [0.5, 0.6) is 0 Å². The lowest BCUT2D eigenvalue weighted by molar-refractivity contribution is -0.142. The zero-order valence-electron chi connectivity index (χ0n) is 22.1. The highest BCUT2D eigenvalue weighted by atomic mass is 32.2. The fraction of sp³-hybridized carbons (Fsp3) is 0.538. The Hall–Kier alpha value is -3.19. The van der Waals surface area contributed by atoms with E-state index in [0.717, 1.165) is 23.2 Å². The van der Waals surface area contributed by atoms with E-state index in [-0.39, 0.29) is 23.5 Å². The number of anilines is 2. The molecule has 2 aromatic rings. The van der Waals surface area contributed by atoms with Gasteiger partial charge < -0.3 is 19.4 Å². The molecule has 194 valence electrons. The summed E-state index contributed by atoms with van der Waals surface area (Å²) in [5.74, 6) is 0.468. The Bertz CT molecular complexity index is 1280. The van der Waals surface area contributed by atoms with Crippen molar-refractivity contribution in [3.63, 3.8) is 0 Å². The first-order valence-corrected chi connectivity index (χ1v) is 13.8. The van der Waals surface area contributed by atoms with Crippen LogP contribution < -0.4 is 9.80 Å². The number of esters is 1. The largest absolute Gasteiger partial charge is 0.461 e. The van der Waals surface area contributed by atoms with Crippen molar-refractivity contribution in [2.45, 2.75) is 64.6 Å². The summed E-state index contributed by atoms with van der Waals surface area (Å²) in [6, 6.07) is 5.36. The molecule has 1 aliphatic rings. The second-order valence-corrected chi connectivity index (χ2v) is 12.1. The van der Waals surface area contributed by atoms with Crippen LogP contribution in [0.1, 0.15) is 51.4 Å². The lowest BCUT2D eigenvalue weighted by atomic mass is 9.95. The first-order chi connectivity index (χ1) is 16.7. The minimum Gasteiger partial charge on any atom is -0.461 e. The van der Waals surface area contributed by atoms with E-state index in [1.807, 2.05) is 26.8 Å². The molecule has 2 heterocycles. The summed E-state index contributed by atoms with van der Waals surface area (Å²) in [5, 5.41) is 0. The van der Waals surface area contributed by atoms with Gasteiger partial charge in [0.2, 0.25) is 5.95 Å².